The van der Waals surface area contributed by atoms with Gasteiger partial charge in [0.2, 0.25) is 22.5 Å². The minimum atomic E-state index is -4.99. The molecule has 0 atom stereocenters. The van der Waals surface area contributed by atoms with Crippen LogP contribution in [0.2, 0.25) is 20.6 Å². The molecule has 0 fully saturated rings. The molecule has 29 heteroatoms. The van der Waals surface area contributed by atoms with Gasteiger partial charge in [0, 0.05) is 25.9 Å². The number of halogens is 4. The Morgan fingerprint density at radius 3 is 2.18 bits per heavy atom. The number of rotatable bonds is 16. The summed E-state index contributed by atoms with van der Waals surface area (Å²) < 4.78 is 115. The summed E-state index contributed by atoms with van der Waals surface area (Å²) in [5.74, 6) is 0.868. The van der Waals surface area contributed by atoms with Crippen molar-refractivity contribution < 1.29 is 48.1 Å². The van der Waals surface area contributed by atoms with Crippen molar-refractivity contribution in [2.24, 2.45) is 4.99 Å². The summed E-state index contributed by atoms with van der Waals surface area (Å²) >= 11 is 26.1. The summed E-state index contributed by atoms with van der Waals surface area (Å²) in [6, 6.07) is 20.3. The number of hydrogen-bond acceptors (Lipinski definition) is 19. The van der Waals surface area contributed by atoms with Crippen molar-refractivity contribution in [3.8, 4) is 23.0 Å². The van der Waals surface area contributed by atoms with Crippen LogP contribution >= 0.6 is 46.4 Å². The molecule has 6 N–H and O–H groups in total. The molecule has 72 heavy (non-hydrogen) atoms. The Balaban J connectivity index is 0.887. The van der Waals surface area contributed by atoms with Gasteiger partial charge in [-0.3, -0.25) is 18.7 Å². The van der Waals surface area contributed by atoms with Crippen LogP contribution in [-0.4, -0.2) is 86.9 Å². The number of anilines is 5. The first-order chi connectivity index (χ1) is 34.2. The van der Waals surface area contributed by atoms with Gasteiger partial charge >= 0.3 is 10.1 Å². The number of benzene rings is 5. The number of nitrogens with zero attached hydrogens (tertiary/aromatic N) is 8. The van der Waals surface area contributed by atoms with E-state index in [0.29, 0.717) is 67.8 Å². The molecule has 0 spiro atoms. The van der Waals surface area contributed by atoms with Crippen LogP contribution in [0, 0.1) is 0 Å². The lowest BCUT2D eigenvalue weighted by Crippen LogP contribution is -2.18. The van der Waals surface area contributed by atoms with E-state index in [4.69, 9.17) is 55.6 Å². The Morgan fingerprint density at radius 1 is 0.681 bits per heavy atom. The molecule has 0 radical (unpaired) electrons. The second-order valence-corrected chi connectivity index (χ2v) is 21.2. The van der Waals surface area contributed by atoms with Gasteiger partial charge < -0.3 is 25.1 Å². The van der Waals surface area contributed by atoms with E-state index in [1.807, 2.05) is 36.4 Å². The minimum Gasteiger partial charge on any atom is -0.451 e. The number of hydrogen-bond donors (Lipinski definition) is 6. The van der Waals surface area contributed by atoms with Gasteiger partial charge in [-0.2, -0.15) is 40.2 Å². The van der Waals surface area contributed by atoms with Crippen molar-refractivity contribution in [3.05, 3.63) is 128 Å². The van der Waals surface area contributed by atoms with E-state index in [1.165, 1.54) is 12.1 Å². The van der Waals surface area contributed by atoms with Gasteiger partial charge in [-0.1, -0.05) is 59.6 Å². The molecule has 0 saturated carbocycles. The van der Waals surface area contributed by atoms with E-state index in [2.05, 4.69) is 55.8 Å². The molecule has 2 aliphatic heterocycles. The predicted octanol–water partition coefficient (Wildman–Crippen LogP) is 8.42. The SMILES string of the molecule is O=S(=O)(O)c1ccc(Nc2nc(Cl)nc(NCCCc3ccc4c(c3)Oc3c(c(Cl)c5oc6c(S(=O)(=O)O)c(=NCCCc7nc(Cl)nc(Cc8ccccc8)n7)ccc-6nc5c3Cl)N4)n2)c(S(=O)(=O)O)c1. The van der Waals surface area contributed by atoms with Gasteiger partial charge in [0.15, 0.2) is 27.7 Å². The largest absolute Gasteiger partial charge is 0.451 e. The van der Waals surface area contributed by atoms with E-state index >= 15 is 0 Å². The number of ether oxygens (including phenoxy) is 1. The molecule has 3 aliphatic rings. The Hall–Kier alpha value is -6.39. The monoisotopic (exact) mass is 1120 g/mol. The minimum absolute atomic E-state index is 0.00439. The van der Waals surface area contributed by atoms with Crippen molar-refractivity contribution in [2.75, 3.05) is 29.0 Å². The topological polar surface area (TPSA) is 324 Å². The van der Waals surface area contributed by atoms with Crippen LogP contribution in [0.3, 0.4) is 0 Å². The number of aryl methyl sites for hydroxylation is 2. The molecule has 9 rings (SSSR count). The molecule has 6 aromatic rings. The highest BCUT2D eigenvalue weighted by Gasteiger charge is 2.31. The summed E-state index contributed by atoms with van der Waals surface area (Å²) in [5.41, 5.74) is 2.19. The normalized spacial score (nSPS) is 12.8. The third kappa shape index (κ3) is 11.3. The van der Waals surface area contributed by atoms with Gasteiger partial charge in [0.1, 0.15) is 43.5 Å². The quantitative estimate of drug-likeness (QED) is 0.0300. The lowest BCUT2D eigenvalue weighted by molar-refractivity contribution is 0.474. The summed E-state index contributed by atoms with van der Waals surface area (Å²) in [4.78, 5) is 31.8. The molecule has 4 aromatic carbocycles. The average molecular weight is 1120 g/mol. The van der Waals surface area contributed by atoms with Gasteiger partial charge in [-0.15, -0.1) is 0 Å². The fourth-order valence-corrected chi connectivity index (χ4v) is 10.3. The molecule has 0 amide bonds. The van der Waals surface area contributed by atoms with Crippen LogP contribution in [0.15, 0.2) is 103 Å². The number of aromatic nitrogens is 7. The van der Waals surface area contributed by atoms with Crippen LogP contribution in [0.1, 0.15) is 35.6 Å². The molecule has 1 aliphatic carbocycles. The van der Waals surface area contributed by atoms with E-state index in [-0.39, 0.29) is 84.1 Å². The van der Waals surface area contributed by atoms with Crippen LogP contribution < -0.4 is 26.0 Å². The summed E-state index contributed by atoms with van der Waals surface area (Å²) in [6.07, 6.45) is 2.20. The third-order valence-electron chi connectivity index (χ3n) is 10.6. The molecule has 372 valence electrons. The first-order valence-electron chi connectivity index (χ1n) is 21.0. The maximum absolute atomic E-state index is 12.9. The smallest absolute Gasteiger partial charge is 0.300 e. The lowest BCUT2D eigenvalue weighted by Gasteiger charge is -2.25. The Morgan fingerprint density at radius 2 is 1.43 bits per heavy atom. The molecule has 0 unspecified atom stereocenters. The summed E-state index contributed by atoms with van der Waals surface area (Å²) in [7, 11) is -14.7. The molecule has 4 heterocycles. The fraction of sp³-hybridized carbons (Fsp3) is 0.163. The van der Waals surface area contributed by atoms with Crippen molar-refractivity contribution in [2.45, 2.75) is 46.8 Å². The fourth-order valence-electron chi connectivity index (χ4n) is 7.43. The second-order valence-electron chi connectivity index (χ2n) is 15.6. The summed E-state index contributed by atoms with van der Waals surface area (Å²) in [6.45, 7) is 0.412. The van der Waals surface area contributed by atoms with Gasteiger partial charge in [-0.25, -0.2) is 19.9 Å². The van der Waals surface area contributed by atoms with E-state index in [0.717, 1.165) is 23.3 Å². The second kappa shape index (κ2) is 20.3. The van der Waals surface area contributed by atoms with Crippen molar-refractivity contribution in [1.82, 2.24) is 34.9 Å². The van der Waals surface area contributed by atoms with Gasteiger partial charge in [0.05, 0.1) is 21.6 Å². The predicted molar refractivity (Wildman–Crippen MR) is 264 cm³/mol. The third-order valence-corrected chi connectivity index (χ3v) is 14.3. The molecule has 0 bridgehead atoms. The maximum Gasteiger partial charge on any atom is 0.300 e. The first kappa shape index (κ1) is 50.5. The average Bonchev–Trinajstić information content (AvgIpc) is 3.31. The number of nitrogens with one attached hydrogen (secondary N) is 3. The van der Waals surface area contributed by atoms with E-state index < -0.39 is 45.0 Å². The van der Waals surface area contributed by atoms with Crippen LogP contribution in [0.4, 0.5) is 29.0 Å². The van der Waals surface area contributed by atoms with Gasteiger partial charge in [0.25, 0.3) is 20.2 Å². The van der Waals surface area contributed by atoms with Crippen LogP contribution in [0.5, 0.6) is 11.5 Å². The lowest BCUT2D eigenvalue weighted by atomic mass is 10.1. The molecular formula is C43H33Cl4N11O11S3. The highest BCUT2D eigenvalue weighted by atomic mass is 35.5. The Bertz CT molecular complexity index is 3860. The van der Waals surface area contributed by atoms with Crippen molar-refractivity contribution in [1.29, 1.82) is 0 Å². The number of fused-ring (bicyclic) bond motifs is 4. The molecular weight excluding hydrogens is 1080 g/mol. The van der Waals surface area contributed by atoms with E-state index in [1.54, 1.807) is 12.1 Å². The zero-order valence-electron chi connectivity index (χ0n) is 36.4. The molecule has 2 aromatic heterocycles. The molecule has 0 saturated heterocycles. The highest BCUT2D eigenvalue weighted by Crippen LogP contribution is 2.53. The zero-order valence-corrected chi connectivity index (χ0v) is 41.9. The first-order valence-corrected chi connectivity index (χ1v) is 26.8. The van der Waals surface area contributed by atoms with Crippen LogP contribution in [-0.2, 0) is 49.6 Å². The van der Waals surface area contributed by atoms with Crippen molar-refractivity contribution >= 4 is 117 Å². The maximum atomic E-state index is 12.9. The van der Waals surface area contributed by atoms with Crippen LogP contribution in [0.25, 0.3) is 22.6 Å². The zero-order chi connectivity index (χ0) is 51.1. The Kier molecular flexibility index (Phi) is 14.2. The molecule has 22 nitrogen and oxygen atoms in total. The standard InChI is InChI=1S/C43H33Cl4N11O11S3/c44-32-35-38(69-36-26(51-35)14-15-27(39(36)72(65,66)67)48-16-5-9-30-53-31(55-40(46)54-30)19-21-6-2-1-3-7-21)33(45)34-37(32)68-28-18-22(10-12-24(28)50-34)8-4-17-49-42-56-41(47)57-43(58-42)52-25-13-11-23(70(59,60)61)20-29(25)71(62,63)64/h1-3,6-7,10-15,18,20,50H,4-5,8-9,16-17,19H2,(H,59,60,61)(H,62,63,64)(H,65,66,67)(H2,49,52,56,57,58). The van der Waals surface area contributed by atoms with Crippen molar-refractivity contribution in [3.63, 3.8) is 0 Å². The van der Waals surface area contributed by atoms with E-state index in [9.17, 15) is 38.9 Å². The Labute approximate surface area is 428 Å². The highest BCUT2D eigenvalue weighted by molar-refractivity contribution is 7.87. The van der Waals surface area contributed by atoms with Gasteiger partial charge in [-0.05, 0) is 96.1 Å². The summed E-state index contributed by atoms with van der Waals surface area (Å²) in [5, 5.41) is 8.37.